The van der Waals surface area contributed by atoms with E-state index in [9.17, 15) is 14.7 Å². The van der Waals surface area contributed by atoms with Crippen LogP contribution in [-0.4, -0.2) is 60.2 Å². The molecule has 7 nitrogen and oxygen atoms in total. The standard InChI is InChI=1S/C30H35BrN2O5S/c1-2-37-28(29(34)35)22-23-10-16-26(17-11-23)38-20-19-33(30(36)32-25-14-12-24(31)13-15-25)18-6-7-21-39-27-8-4-3-5-9-27/h3-5,8-17,28H,2,6-7,18-22H2,1H3,(H,32,36)(H,34,35). The van der Waals surface area contributed by atoms with Crippen LogP contribution < -0.4 is 10.1 Å². The second-order valence-corrected chi connectivity index (χ2v) is 10.9. The third-order valence-corrected chi connectivity index (χ3v) is 7.46. The molecule has 3 rings (SSSR count). The molecule has 0 aliphatic rings. The quantitative estimate of drug-likeness (QED) is 0.134. The molecule has 3 aromatic carbocycles. The first-order valence-electron chi connectivity index (χ1n) is 13.0. The average Bonchev–Trinajstić information content (AvgIpc) is 2.94. The van der Waals surface area contributed by atoms with Crippen molar-refractivity contribution in [3.8, 4) is 5.75 Å². The van der Waals surface area contributed by atoms with Gasteiger partial charge in [-0.25, -0.2) is 9.59 Å². The number of thioether (sulfide) groups is 1. The fraction of sp³-hybridized carbons (Fsp3) is 0.333. The Labute approximate surface area is 243 Å². The molecule has 2 N–H and O–H groups in total. The number of nitrogens with one attached hydrogen (secondary N) is 1. The van der Waals surface area contributed by atoms with E-state index >= 15 is 0 Å². The van der Waals surface area contributed by atoms with Crippen LogP contribution in [0.25, 0.3) is 0 Å². The number of halogens is 1. The predicted octanol–water partition coefficient (Wildman–Crippen LogP) is 6.97. The number of carboxylic acids is 1. The first kappa shape index (κ1) is 30.5. The van der Waals surface area contributed by atoms with Gasteiger partial charge in [-0.15, -0.1) is 11.8 Å². The summed E-state index contributed by atoms with van der Waals surface area (Å²) >= 11 is 5.24. The maximum absolute atomic E-state index is 13.1. The molecule has 0 bridgehead atoms. The molecule has 3 aromatic rings. The second kappa shape index (κ2) is 16.8. The molecule has 0 fully saturated rings. The zero-order chi connectivity index (χ0) is 27.9. The fourth-order valence-electron chi connectivity index (χ4n) is 3.79. The fourth-order valence-corrected chi connectivity index (χ4v) is 4.99. The minimum Gasteiger partial charge on any atom is -0.492 e. The van der Waals surface area contributed by atoms with E-state index < -0.39 is 12.1 Å². The highest BCUT2D eigenvalue weighted by Crippen LogP contribution is 2.19. The van der Waals surface area contributed by atoms with E-state index in [1.54, 1.807) is 11.8 Å². The first-order valence-corrected chi connectivity index (χ1v) is 14.8. The lowest BCUT2D eigenvalue weighted by atomic mass is 10.1. The predicted molar refractivity (Wildman–Crippen MR) is 160 cm³/mol. The zero-order valence-corrected chi connectivity index (χ0v) is 24.5. The Balaban J connectivity index is 1.50. The number of hydrogen-bond donors (Lipinski definition) is 2. The summed E-state index contributed by atoms with van der Waals surface area (Å²) in [4.78, 5) is 27.4. The van der Waals surface area contributed by atoms with E-state index in [4.69, 9.17) is 9.47 Å². The molecule has 1 unspecified atom stereocenters. The molecule has 0 saturated carbocycles. The van der Waals surface area contributed by atoms with Gasteiger partial charge in [-0.2, -0.15) is 0 Å². The van der Waals surface area contributed by atoms with E-state index in [2.05, 4.69) is 33.4 Å². The number of ether oxygens (including phenoxy) is 2. The van der Waals surface area contributed by atoms with Crippen LogP contribution >= 0.6 is 27.7 Å². The zero-order valence-electron chi connectivity index (χ0n) is 22.1. The third kappa shape index (κ3) is 11.3. The number of anilines is 1. The van der Waals surface area contributed by atoms with Crippen LogP contribution in [-0.2, 0) is 16.0 Å². The second-order valence-electron chi connectivity index (χ2n) is 8.77. The number of unbranched alkanes of at least 4 members (excludes halogenated alkanes) is 1. The lowest BCUT2D eigenvalue weighted by Crippen LogP contribution is -2.38. The van der Waals surface area contributed by atoms with Gasteiger partial charge in [0.1, 0.15) is 12.4 Å². The number of aliphatic carboxylic acids is 1. The summed E-state index contributed by atoms with van der Waals surface area (Å²) in [6, 6.07) is 24.9. The van der Waals surface area contributed by atoms with Gasteiger partial charge in [-0.1, -0.05) is 46.3 Å². The number of urea groups is 1. The molecule has 9 heteroatoms. The van der Waals surface area contributed by atoms with Crippen molar-refractivity contribution in [1.82, 2.24) is 4.90 Å². The molecule has 0 saturated heterocycles. The van der Waals surface area contributed by atoms with Gasteiger partial charge in [0.2, 0.25) is 0 Å². The van der Waals surface area contributed by atoms with E-state index in [0.29, 0.717) is 32.1 Å². The Hall–Kier alpha value is -3.01. The van der Waals surface area contributed by atoms with Gasteiger partial charge < -0.3 is 24.8 Å². The summed E-state index contributed by atoms with van der Waals surface area (Å²) in [7, 11) is 0. The summed E-state index contributed by atoms with van der Waals surface area (Å²) < 4.78 is 12.2. The Kier molecular flexibility index (Phi) is 13.2. The number of nitrogens with zero attached hydrogens (tertiary/aromatic N) is 1. The summed E-state index contributed by atoms with van der Waals surface area (Å²) in [5.41, 5.74) is 1.59. The van der Waals surface area contributed by atoms with Crippen molar-refractivity contribution in [3.05, 3.63) is 88.9 Å². The van der Waals surface area contributed by atoms with Crippen molar-refractivity contribution >= 4 is 45.4 Å². The summed E-state index contributed by atoms with van der Waals surface area (Å²) in [6.45, 7) is 3.51. The highest BCUT2D eigenvalue weighted by atomic mass is 79.9. The van der Waals surface area contributed by atoms with Crippen LogP contribution in [0, 0.1) is 0 Å². The summed E-state index contributed by atoms with van der Waals surface area (Å²) in [6.07, 6.45) is 1.29. The molecule has 0 radical (unpaired) electrons. The highest BCUT2D eigenvalue weighted by molar-refractivity contribution is 9.10. The van der Waals surface area contributed by atoms with Crippen LogP contribution in [0.1, 0.15) is 25.3 Å². The molecule has 0 aliphatic carbocycles. The van der Waals surface area contributed by atoms with Crippen molar-refractivity contribution in [3.63, 3.8) is 0 Å². The molecule has 0 spiro atoms. The number of benzene rings is 3. The van der Waals surface area contributed by atoms with Gasteiger partial charge in [0.05, 0.1) is 6.54 Å². The molecule has 0 heterocycles. The monoisotopic (exact) mass is 614 g/mol. The summed E-state index contributed by atoms with van der Waals surface area (Å²) in [5, 5.41) is 12.3. The number of carbonyl (C=O) groups excluding carboxylic acids is 1. The molecule has 39 heavy (non-hydrogen) atoms. The van der Waals surface area contributed by atoms with Crippen molar-refractivity contribution in [2.45, 2.75) is 37.2 Å². The van der Waals surface area contributed by atoms with Crippen molar-refractivity contribution in [1.29, 1.82) is 0 Å². The van der Waals surface area contributed by atoms with Crippen molar-refractivity contribution < 1.29 is 24.2 Å². The normalized spacial score (nSPS) is 11.5. The maximum Gasteiger partial charge on any atom is 0.333 e. The number of carbonyl (C=O) groups is 2. The van der Waals surface area contributed by atoms with Gasteiger partial charge in [-0.05, 0) is 79.6 Å². The van der Waals surface area contributed by atoms with Crippen LogP contribution in [0.3, 0.4) is 0 Å². The SMILES string of the molecule is CCOC(Cc1ccc(OCCN(CCCCSc2ccccc2)C(=O)Nc2ccc(Br)cc2)cc1)C(=O)O. The third-order valence-electron chi connectivity index (χ3n) is 5.83. The molecular weight excluding hydrogens is 580 g/mol. The number of hydrogen-bond acceptors (Lipinski definition) is 5. The minimum atomic E-state index is -0.975. The van der Waals surface area contributed by atoms with Gasteiger partial charge in [0.15, 0.2) is 6.10 Å². The van der Waals surface area contributed by atoms with E-state index in [1.165, 1.54) is 4.90 Å². The molecule has 0 aromatic heterocycles. The van der Waals surface area contributed by atoms with Crippen molar-refractivity contribution in [2.75, 3.05) is 37.4 Å². The van der Waals surface area contributed by atoms with Gasteiger partial charge >= 0.3 is 12.0 Å². The molecule has 2 amide bonds. The van der Waals surface area contributed by atoms with E-state index in [0.717, 1.165) is 34.3 Å². The molecule has 0 aliphatic heterocycles. The number of rotatable bonds is 16. The van der Waals surface area contributed by atoms with Crippen LogP contribution in [0.4, 0.5) is 10.5 Å². The van der Waals surface area contributed by atoms with Gasteiger partial charge in [0.25, 0.3) is 0 Å². The highest BCUT2D eigenvalue weighted by Gasteiger charge is 2.18. The Morgan fingerprint density at radius 2 is 1.69 bits per heavy atom. The van der Waals surface area contributed by atoms with Gasteiger partial charge in [0, 0.05) is 34.6 Å². The minimum absolute atomic E-state index is 0.164. The molecular formula is C30H35BrN2O5S. The topological polar surface area (TPSA) is 88.1 Å². The Morgan fingerprint density at radius 3 is 2.36 bits per heavy atom. The van der Waals surface area contributed by atoms with E-state index in [-0.39, 0.29) is 12.5 Å². The maximum atomic E-state index is 13.1. The van der Waals surface area contributed by atoms with Crippen LogP contribution in [0.5, 0.6) is 5.75 Å². The van der Waals surface area contributed by atoms with E-state index in [1.807, 2.05) is 78.5 Å². The largest absolute Gasteiger partial charge is 0.492 e. The lowest BCUT2D eigenvalue weighted by molar-refractivity contribution is -0.149. The van der Waals surface area contributed by atoms with Crippen LogP contribution in [0.2, 0.25) is 0 Å². The summed E-state index contributed by atoms with van der Waals surface area (Å²) in [5.74, 6) is 0.674. The number of carboxylic acid groups (broad SMARTS) is 1. The molecule has 1 atom stereocenters. The van der Waals surface area contributed by atoms with Crippen molar-refractivity contribution in [2.24, 2.45) is 0 Å². The Bertz CT molecular complexity index is 1150. The Morgan fingerprint density at radius 1 is 0.974 bits per heavy atom. The lowest BCUT2D eigenvalue weighted by Gasteiger charge is -2.23. The van der Waals surface area contributed by atoms with Crippen LogP contribution in [0.15, 0.2) is 88.2 Å². The first-order chi connectivity index (χ1) is 18.9. The average molecular weight is 616 g/mol. The smallest absolute Gasteiger partial charge is 0.333 e. The number of amides is 2. The van der Waals surface area contributed by atoms with Gasteiger partial charge in [-0.3, -0.25) is 0 Å². The molecule has 208 valence electrons.